The van der Waals surface area contributed by atoms with Crippen molar-refractivity contribution in [2.24, 2.45) is 5.92 Å². The van der Waals surface area contributed by atoms with Crippen LogP contribution in [0.25, 0.3) is 0 Å². The number of hydrogen-bond donors (Lipinski definition) is 1. The van der Waals surface area contributed by atoms with Gasteiger partial charge in [0.25, 0.3) is 0 Å². The molecule has 0 aromatic rings. The van der Waals surface area contributed by atoms with E-state index in [1.807, 2.05) is 0 Å². The fourth-order valence-corrected chi connectivity index (χ4v) is 3.26. The van der Waals surface area contributed by atoms with E-state index in [0.29, 0.717) is 5.92 Å². The van der Waals surface area contributed by atoms with E-state index in [-0.39, 0.29) is 5.54 Å². The first-order chi connectivity index (χ1) is 8.22. The van der Waals surface area contributed by atoms with Gasteiger partial charge in [-0.05, 0) is 58.2 Å². The summed E-state index contributed by atoms with van der Waals surface area (Å²) in [6.07, 6.45) is 7.38. The lowest BCUT2D eigenvalue weighted by atomic mass is 9.85. The van der Waals surface area contributed by atoms with Crippen molar-refractivity contribution in [1.82, 2.24) is 10.2 Å². The summed E-state index contributed by atoms with van der Waals surface area (Å²) in [6, 6.07) is 3.41. The van der Waals surface area contributed by atoms with Crippen LogP contribution in [0.5, 0.6) is 0 Å². The van der Waals surface area contributed by atoms with Crippen molar-refractivity contribution in [3.63, 3.8) is 0 Å². The Morgan fingerprint density at radius 1 is 1.41 bits per heavy atom. The van der Waals surface area contributed by atoms with E-state index >= 15 is 0 Å². The minimum Gasteiger partial charge on any atom is -0.303 e. The highest BCUT2D eigenvalue weighted by Gasteiger charge is 2.42. The van der Waals surface area contributed by atoms with Crippen molar-refractivity contribution in [2.75, 3.05) is 20.1 Å². The molecule has 2 rings (SSSR count). The van der Waals surface area contributed by atoms with Gasteiger partial charge in [0.2, 0.25) is 0 Å². The molecule has 0 aromatic heterocycles. The molecule has 96 valence electrons. The molecule has 17 heavy (non-hydrogen) atoms. The van der Waals surface area contributed by atoms with E-state index in [9.17, 15) is 5.26 Å². The Balaban J connectivity index is 1.87. The number of nitrogens with zero attached hydrogens (tertiary/aromatic N) is 2. The normalized spacial score (nSPS) is 32.9. The molecular weight excluding hydrogens is 210 g/mol. The van der Waals surface area contributed by atoms with Gasteiger partial charge < -0.3 is 4.90 Å². The molecule has 0 saturated heterocycles. The number of rotatable bonds is 6. The number of nitriles is 1. The van der Waals surface area contributed by atoms with Crippen LogP contribution in [0.2, 0.25) is 0 Å². The quantitative estimate of drug-likeness (QED) is 0.766. The summed E-state index contributed by atoms with van der Waals surface area (Å²) in [5.74, 6) is 0.550. The standard InChI is InChI=1S/C14H25N3/c1-3-16-14(11-15)9-4-5-12(14)8-10-17(2)13-6-7-13/h12-13,16H,3-10H2,1-2H3. The third kappa shape index (κ3) is 2.81. The highest BCUT2D eigenvalue weighted by molar-refractivity contribution is 5.14. The first kappa shape index (κ1) is 12.9. The topological polar surface area (TPSA) is 39.1 Å². The summed E-state index contributed by atoms with van der Waals surface area (Å²) in [4.78, 5) is 2.48. The van der Waals surface area contributed by atoms with E-state index in [4.69, 9.17) is 0 Å². The van der Waals surface area contributed by atoms with Gasteiger partial charge in [0.1, 0.15) is 5.54 Å². The Morgan fingerprint density at radius 3 is 2.76 bits per heavy atom. The number of nitrogens with one attached hydrogen (secondary N) is 1. The lowest BCUT2D eigenvalue weighted by molar-refractivity contribution is 0.246. The zero-order valence-corrected chi connectivity index (χ0v) is 11.2. The first-order valence-electron chi connectivity index (χ1n) is 7.08. The van der Waals surface area contributed by atoms with Gasteiger partial charge in [-0.2, -0.15) is 5.26 Å². The average Bonchev–Trinajstić information content (AvgIpc) is 3.10. The third-order valence-electron chi connectivity index (χ3n) is 4.51. The molecule has 2 aliphatic carbocycles. The van der Waals surface area contributed by atoms with E-state index < -0.39 is 0 Å². The minimum atomic E-state index is -0.223. The van der Waals surface area contributed by atoms with Gasteiger partial charge in [-0.1, -0.05) is 13.3 Å². The molecule has 0 bridgehead atoms. The molecule has 2 atom stereocenters. The second-order valence-corrected chi connectivity index (χ2v) is 5.70. The lowest BCUT2D eigenvalue weighted by Gasteiger charge is -2.30. The van der Waals surface area contributed by atoms with Gasteiger partial charge in [-0.15, -0.1) is 0 Å². The second-order valence-electron chi connectivity index (χ2n) is 5.70. The van der Waals surface area contributed by atoms with Crippen molar-refractivity contribution >= 4 is 0 Å². The van der Waals surface area contributed by atoms with Crippen LogP contribution < -0.4 is 5.32 Å². The molecule has 0 heterocycles. The summed E-state index contributed by atoms with van der Waals surface area (Å²) in [7, 11) is 2.23. The van der Waals surface area contributed by atoms with Crippen molar-refractivity contribution in [3.8, 4) is 6.07 Å². The predicted octanol–water partition coefficient (Wildman–Crippen LogP) is 2.14. The molecular formula is C14H25N3. The van der Waals surface area contributed by atoms with Crippen LogP contribution in [0.1, 0.15) is 45.4 Å². The fourth-order valence-electron chi connectivity index (χ4n) is 3.26. The SMILES string of the molecule is CCNC1(C#N)CCCC1CCN(C)C1CC1. The Bertz CT molecular complexity index is 292. The van der Waals surface area contributed by atoms with Crippen molar-refractivity contribution in [1.29, 1.82) is 5.26 Å². The van der Waals surface area contributed by atoms with Gasteiger partial charge in [0.05, 0.1) is 6.07 Å². The molecule has 0 radical (unpaired) electrons. The highest BCUT2D eigenvalue weighted by atomic mass is 15.1. The van der Waals surface area contributed by atoms with Crippen LogP contribution in [-0.2, 0) is 0 Å². The zero-order chi connectivity index (χ0) is 12.3. The summed E-state index contributed by atoms with van der Waals surface area (Å²) in [5.41, 5.74) is -0.223. The van der Waals surface area contributed by atoms with Crippen LogP contribution in [0.4, 0.5) is 0 Å². The monoisotopic (exact) mass is 235 g/mol. The highest BCUT2D eigenvalue weighted by Crippen LogP contribution is 2.38. The van der Waals surface area contributed by atoms with Crippen molar-refractivity contribution in [3.05, 3.63) is 0 Å². The van der Waals surface area contributed by atoms with Crippen LogP contribution in [-0.4, -0.2) is 36.6 Å². The molecule has 1 N–H and O–H groups in total. The van der Waals surface area contributed by atoms with E-state index in [1.54, 1.807) is 0 Å². The molecule has 2 unspecified atom stereocenters. The van der Waals surface area contributed by atoms with Crippen molar-refractivity contribution < 1.29 is 0 Å². The Hall–Kier alpha value is -0.590. The Morgan fingerprint density at radius 2 is 2.18 bits per heavy atom. The van der Waals surface area contributed by atoms with Crippen molar-refractivity contribution in [2.45, 2.75) is 57.0 Å². The van der Waals surface area contributed by atoms with Gasteiger partial charge in [0, 0.05) is 6.04 Å². The summed E-state index contributed by atoms with van der Waals surface area (Å²) in [5, 5.41) is 12.9. The molecule has 0 amide bonds. The smallest absolute Gasteiger partial charge is 0.109 e. The molecule has 0 aliphatic heterocycles. The van der Waals surface area contributed by atoms with E-state index in [1.165, 1.54) is 32.1 Å². The maximum absolute atomic E-state index is 9.48. The fraction of sp³-hybridized carbons (Fsp3) is 0.929. The maximum Gasteiger partial charge on any atom is 0.109 e. The van der Waals surface area contributed by atoms with Gasteiger partial charge >= 0.3 is 0 Å². The average molecular weight is 235 g/mol. The van der Waals surface area contributed by atoms with E-state index in [2.05, 4.69) is 30.3 Å². The predicted molar refractivity (Wildman–Crippen MR) is 69.6 cm³/mol. The summed E-state index contributed by atoms with van der Waals surface area (Å²) < 4.78 is 0. The van der Waals surface area contributed by atoms with Gasteiger partial charge in [-0.25, -0.2) is 0 Å². The van der Waals surface area contributed by atoms with Crippen LogP contribution in [0.15, 0.2) is 0 Å². The van der Waals surface area contributed by atoms with E-state index in [0.717, 1.165) is 25.6 Å². The molecule has 2 aliphatic rings. The Labute approximate surface area is 105 Å². The Kier molecular flexibility index (Phi) is 4.06. The lowest BCUT2D eigenvalue weighted by Crippen LogP contribution is -2.47. The maximum atomic E-state index is 9.48. The first-order valence-corrected chi connectivity index (χ1v) is 7.08. The largest absolute Gasteiger partial charge is 0.303 e. The summed E-state index contributed by atoms with van der Waals surface area (Å²) in [6.45, 7) is 4.16. The molecule has 3 heteroatoms. The van der Waals surface area contributed by atoms with Crippen LogP contribution in [0, 0.1) is 17.2 Å². The minimum absolute atomic E-state index is 0.223. The van der Waals surface area contributed by atoms with Crippen LogP contribution in [0.3, 0.4) is 0 Å². The molecule has 2 fully saturated rings. The second kappa shape index (κ2) is 5.37. The molecule has 0 aromatic carbocycles. The van der Waals surface area contributed by atoms with Gasteiger partial charge in [-0.3, -0.25) is 5.32 Å². The number of hydrogen-bond acceptors (Lipinski definition) is 3. The zero-order valence-electron chi connectivity index (χ0n) is 11.2. The van der Waals surface area contributed by atoms with Crippen LogP contribution >= 0.6 is 0 Å². The van der Waals surface area contributed by atoms with Gasteiger partial charge in [0.15, 0.2) is 0 Å². The molecule has 2 saturated carbocycles. The third-order valence-corrected chi connectivity index (χ3v) is 4.51. The summed E-state index contributed by atoms with van der Waals surface area (Å²) >= 11 is 0. The molecule has 3 nitrogen and oxygen atoms in total. The molecule has 0 spiro atoms.